The molecule has 3 heterocycles. The molecule has 152 valence electrons. The molecule has 0 N–H and O–H groups in total. The Morgan fingerprint density at radius 1 is 0.966 bits per heavy atom. The maximum Gasteiger partial charge on any atom is 0.231 e. The zero-order valence-electron chi connectivity index (χ0n) is 17.6. The molecule has 5 heteroatoms. The molecule has 0 spiro atoms. The summed E-state index contributed by atoms with van der Waals surface area (Å²) in [5.74, 6) is 2.72. The number of hydrogen-bond acceptors (Lipinski definition) is 4. The van der Waals surface area contributed by atoms with Crippen LogP contribution in [0, 0.1) is 6.92 Å². The first-order chi connectivity index (χ1) is 14.2. The predicted octanol–water partition coefficient (Wildman–Crippen LogP) is 5.79. The normalized spacial score (nSPS) is 12.5. The van der Waals surface area contributed by atoms with Gasteiger partial charge in [-0.3, -0.25) is 4.98 Å². The Hall–Kier alpha value is -2.82. The topological polar surface area (TPSA) is 49.2 Å². The Bertz CT molecular complexity index is 994. The highest BCUT2D eigenvalue weighted by Crippen LogP contribution is 2.39. The number of unbranched alkanes of at least 4 members (excludes halogenated alkanes) is 3. The van der Waals surface area contributed by atoms with Crippen LogP contribution in [0.2, 0.25) is 0 Å². The van der Waals surface area contributed by atoms with E-state index in [-0.39, 0.29) is 6.79 Å². The molecule has 0 amide bonds. The Morgan fingerprint density at radius 3 is 2.62 bits per heavy atom. The van der Waals surface area contributed by atoms with Crippen molar-refractivity contribution in [3.63, 3.8) is 0 Å². The van der Waals surface area contributed by atoms with Crippen LogP contribution in [0.15, 0.2) is 36.4 Å². The van der Waals surface area contributed by atoms with Crippen LogP contribution < -0.4 is 9.47 Å². The van der Waals surface area contributed by atoms with Crippen molar-refractivity contribution in [2.75, 3.05) is 6.79 Å². The predicted molar refractivity (Wildman–Crippen MR) is 115 cm³/mol. The molecule has 0 saturated carbocycles. The van der Waals surface area contributed by atoms with Crippen LogP contribution in [0.4, 0.5) is 0 Å². The first-order valence-electron chi connectivity index (χ1n) is 10.6. The van der Waals surface area contributed by atoms with Gasteiger partial charge in [0.2, 0.25) is 6.79 Å². The van der Waals surface area contributed by atoms with Crippen LogP contribution in [0.1, 0.15) is 51.0 Å². The lowest BCUT2D eigenvalue weighted by Crippen LogP contribution is -2.04. The summed E-state index contributed by atoms with van der Waals surface area (Å²) in [5, 5.41) is 0. The molecule has 0 saturated heterocycles. The Morgan fingerprint density at radius 2 is 1.83 bits per heavy atom. The molecular formula is C24H29N3O2. The SMILES string of the molecule is CCCCCCc1nc(-c2cccc(C)n2)c(-c2ccc3c(c2)OCO3)n1CC. The third kappa shape index (κ3) is 4.00. The lowest BCUT2D eigenvalue weighted by molar-refractivity contribution is 0.174. The number of fused-ring (bicyclic) bond motifs is 1. The number of rotatable bonds is 8. The lowest BCUT2D eigenvalue weighted by Gasteiger charge is -2.11. The molecule has 0 fully saturated rings. The summed E-state index contributed by atoms with van der Waals surface area (Å²) < 4.78 is 13.5. The number of benzene rings is 1. The van der Waals surface area contributed by atoms with Crippen molar-refractivity contribution in [2.24, 2.45) is 0 Å². The fraction of sp³-hybridized carbons (Fsp3) is 0.417. The van der Waals surface area contributed by atoms with E-state index in [4.69, 9.17) is 19.4 Å². The van der Waals surface area contributed by atoms with Crippen molar-refractivity contribution >= 4 is 0 Å². The maximum absolute atomic E-state index is 5.63. The van der Waals surface area contributed by atoms with E-state index in [9.17, 15) is 0 Å². The van der Waals surface area contributed by atoms with Gasteiger partial charge in [0.1, 0.15) is 11.5 Å². The van der Waals surface area contributed by atoms with Crippen molar-refractivity contribution in [1.29, 1.82) is 0 Å². The van der Waals surface area contributed by atoms with Gasteiger partial charge in [-0.1, -0.05) is 32.3 Å². The highest BCUT2D eigenvalue weighted by molar-refractivity contribution is 5.79. The smallest absolute Gasteiger partial charge is 0.231 e. The molecule has 2 aromatic heterocycles. The number of imidazole rings is 1. The van der Waals surface area contributed by atoms with Crippen LogP contribution in [-0.4, -0.2) is 21.3 Å². The number of aromatic nitrogens is 3. The van der Waals surface area contributed by atoms with Crippen molar-refractivity contribution < 1.29 is 9.47 Å². The molecule has 3 aromatic rings. The highest BCUT2D eigenvalue weighted by atomic mass is 16.7. The Balaban J connectivity index is 1.81. The zero-order valence-corrected chi connectivity index (χ0v) is 17.6. The van der Waals surface area contributed by atoms with Crippen molar-refractivity contribution in [3.05, 3.63) is 47.9 Å². The van der Waals surface area contributed by atoms with Crippen LogP contribution in [-0.2, 0) is 13.0 Å². The van der Waals surface area contributed by atoms with Crippen molar-refractivity contribution in [1.82, 2.24) is 14.5 Å². The van der Waals surface area contributed by atoms with Gasteiger partial charge in [-0.15, -0.1) is 0 Å². The second kappa shape index (κ2) is 8.68. The van der Waals surface area contributed by atoms with Gasteiger partial charge >= 0.3 is 0 Å². The molecule has 5 nitrogen and oxygen atoms in total. The van der Waals surface area contributed by atoms with Gasteiger partial charge < -0.3 is 14.0 Å². The number of ether oxygens (including phenoxy) is 2. The standard InChI is InChI=1S/C24H29N3O2/c1-4-6-7-8-12-22-26-23(19-11-9-10-17(3)25-19)24(27(22)5-2)18-13-14-20-21(15-18)29-16-28-20/h9-11,13-15H,4-8,12,16H2,1-3H3. The van der Waals surface area contributed by atoms with Gasteiger partial charge in [-0.2, -0.15) is 0 Å². The van der Waals surface area contributed by atoms with Crippen LogP contribution in [0.3, 0.4) is 0 Å². The quantitative estimate of drug-likeness (QED) is 0.456. The average Bonchev–Trinajstić information content (AvgIpc) is 3.34. The van der Waals surface area contributed by atoms with E-state index in [0.717, 1.165) is 65.0 Å². The lowest BCUT2D eigenvalue weighted by atomic mass is 10.1. The first kappa shape index (κ1) is 19.5. The summed E-state index contributed by atoms with van der Waals surface area (Å²) in [5.41, 5.74) is 5.05. The number of nitrogens with zero attached hydrogens (tertiary/aromatic N) is 3. The minimum Gasteiger partial charge on any atom is -0.454 e. The minimum atomic E-state index is 0.279. The van der Waals surface area contributed by atoms with Gasteiger partial charge in [0.15, 0.2) is 11.5 Å². The van der Waals surface area contributed by atoms with E-state index in [1.54, 1.807) is 0 Å². The Kier molecular flexibility index (Phi) is 5.84. The molecule has 0 unspecified atom stereocenters. The maximum atomic E-state index is 5.63. The molecule has 0 radical (unpaired) electrons. The zero-order chi connectivity index (χ0) is 20.2. The third-order valence-corrected chi connectivity index (χ3v) is 5.39. The highest BCUT2D eigenvalue weighted by Gasteiger charge is 2.22. The second-order valence-corrected chi connectivity index (χ2v) is 7.51. The monoisotopic (exact) mass is 391 g/mol. The summed E-state index contributed by atoms with van der Waals surface area (Å²) in [6.45, 7) is 7.59. The first-order valence-corrected chi connectivity index (χ1v) is 10.6. The van der Waals surface area contributed by atoms with Crippen LogP contribution in [0.25, 0.3) is 22.6 Å². The molecule has 0 aliphatic carbocycles. The molecular weight excluding hydrogens is 362 g/mol. The summed E-state index contributed by atoms with van der Waals surface area (Å²) in [6, 6.07) is 12.3. The summed E-state index contributed by atoms with van der Waals surface area (Å²) in [4.78, 5) is 9.86. The Labute approximate surface area is 172 Å². The van der Waals surface area contributed by atoms with E-state index < -0.39 is 0 Å². The van der Waals surface area contributed by atoms with Crippen LogP contribution in [0.5, 0.6) is 11.5 Å². The number of pyridine rings is 1. The molecule has 0 bridgehead atoms. The summed E-state index contributed by atoms with van der Waals surface area (Å²) in [7, 11) is 0. The average molecular weight is 392 g/mol. The van der Waals surface area contributed by atoms with Gasteiger partial charge in [0.25, 0.3) is 0 Å². The molecule has 1 aliphatic rings. The molecule has 0 atom stereocenters. The van der Waals surface area contributed by atoms with Gasteiger partial charge in [0, 0.05) is 24.2 Å². The van der Waals surface area contributed by atoms with Crippen molar-refractivity contribution in [2.45, 2.75) is 59.4 Å². The van der Waals surface area contributed by atoms with Gasteiger partial charge in [-0.25, -0.2) is 4.98 Å². The van der Waals surface area contributed by atoms with Crippen molar-refractivity contribution in [3.8, 4) is 34.1 Å². The second-order valence-electron chi connectivity index (χ2n) is 7.51. The molecule has 1 aliphatic heterocycles. The van der Waals surface area contributed by atoms with Crippen LogP contribution >= 0.6 is 0 Å². The number of hydrogen-bond donors (Lipinski definition) is 0. The molecule has 4 rings (SSSR count). The van der Waals surface area contributed by atoms with Gasteiger partial charge in [0.05, 0.1) is 11.4 Å². The summed E-state index contributed by atoms with van der Waals surface area (Å²) in [6.07, 6.45) is 5.89. The fourth-order valence-electron chi connectivity index (χ4n) is 3.93. The van der Waals surface area contributed by atoms with E-state index in [1.807, 2.05) is 31.2 Å². The largest absolute Gasteiger partial charge is 0.454 e. The van der Waals surface area contributed by atoms with E-state index in [0.29, 0.717) is 0 Å². The minimum absolute atomic E-state index is 0.279. The molecule has 1 aromatic carbocycles. The third-order valence-electron chi connectivity index (χ3n) is 5.39. The summed E-state index contributed by atoms with van der Waals surface area (Å²) >= 11 is 0. The van der Waals surface area contributed by atoms with E-state index in [1.165, 1.54) is 19.3 Å². The van der Waals surface area contributed by atoms with Gasteiger partial charge in [-0.05, 0) is 50.6 Å². The van der Waals surface area contributed by atoms with E-state index in [2.05, 4.69) is 30.5 Å². The van der Waals surface area contributed by atoms with E-state index >= 15 is 0 Å². The number of aryl methyl sites for hydroxylation is 2. The fourth-order valence-corrected chi connectivity index (χ4v) is 3.93. The molecule has 29 heavy (non-hydrogen) atoms.